The molecule has 6 nitrogen and oxygen atoms in total. The van der Waals surface area contributed by atoms with Crippen molar-refractivity contribution in [2.45, 2.75) is 25.2 Å². The van der Waals surface area contributed by atoms with E-state index in [1.54, 1.807) is 12.1 Å². The summed E-state index contributed by atoms with van der Waals surface area (Å²) in [6, 6.07) is 17.9. The Balaban J connectivity index is 1.36. The number of methoxy groups -OCH3 is 1. The minimum absolute atomic E-state index is 0.246. The maximum Gasteiger partial charge on any atom is 0.322 e. The van der Waals surface area contributed by atoms with Gasteiger partial charge in [-0.15, -0.1) is 0 Å². The molecule has 1 aliphatic rings. The number of carbonyl (C=O) groups is 1. The Labute approximate surface area is 202 Å². The minimum Gasteiger partial charge on any atom is -0.489 e. The van der Waals surface area contributed by atoms with Crippen LogP contribution in [0.15, 0.2) is 60.7 Å². The number of ether oxygens (including phenoxy) is 4. The lowest BCUT2D eigenvalue weighted by Gasteiger charge is -2.27. The summed E-state index contributed by atoms with van der Waals surface area (Å²) in [5, 5.41) is 1.02. The molecule has 0 saturated carbocycles. The second-order valence-corrected chi connectivity index (χ2v) is 8.45. The molecule has 4 rings (SSSR count). The van der Waals surface area contributed by atoms with Crippen LogP contribution < -0.4 is 19.9 Å². The van der Waals surface area contributed by atoms with Crippen molar-refractivity contribution in [2.75, 3.05) is 13.7 Å². The maximum absolute atomic E-state index is 11.5. The molecule has 0 unspecified atom stereocenters. The van der Waals surface area contributed by atoms with Gasteiger partial charge in [0, 0.05) is 0 Å². The Kier molecular flexibility index (Phi) is 7.28. The molecule has 0 aromatic heterocycles. The van der Waals surface area contributed by atoms with Gasteiger partial charge in [0.05, 0.1) is 17.2 Å². The van der Waals surface area contributed by atoms with Crippen molar-refractivity contribution in [3.05, 3.63) is 87.4 Å². The molecule has 3 aromatic carbocycles. The molecule has 1 aliphatic heterocycles. The van der Waals surface area contributed by atoms with E-state index < -0.39 is 12.0 Å². The van der Waals surface area contributed by atoms with E-state index in [0.29, 0.717) is 41.2 Å². The molecule has 0 radical (unpaired) electrons. The number of esters is 1. The summed E-state index contributed by atoms with van der Waals surface area (Å²) in [4.78, 5) is 11.5. The fraction of sp³-hybridized carbons (Fsp3) is 0.240. The summed E-state index contributed by atoms with van der Waals surface area (Å²) < 4.78 is 22.6. The number of carbonyl (C=O) groups excluding carboxylic acids is 1. The van der Waals surface area contributed by atoms with Crippen LogP contribution in [0.4, 0.5) is 0 Å². The van der Waals surface area contributed by atoms with Crippen LogP contribution in [0.2, 0.25) is 10.0 Å². The Morgan fingerprint density at radius 1 is 1.03 bits per heavy atom. The van der Waals surface area contributed by atoms with Crippen molar-refractivity contribution >= 4 is 29.2 Å². The third-order valence-electron chi connectivity index (χ3n) is 5.27. The first-order valence-electron chi connectivity index (χ1n) is 10.4. The van der Waals surface area contributed by atoms with Crippen molar-refractivity contribution in [2.24, 2.45) is 5.73 Å². The topological polar surface area (TPSA) is 80.0 Å². The Hall–Kier alpha value is -2.93. The molecule has 0 saturated heterocycles. The second kappa shape index (κ2) is 10.3. The molecule has 3 aromatic rings. The molecule has 172 valence electrons. The van der Waals surface area contributed by atoms with Crippen molar-refractivity contribution in [1.29, 1.82) is 0 Å². The summed E-state index contributed by atoms with van der Waals surface area (Å²) >= 11 is 12.0. The van der Waals surface area contributed by atoms with Crippen LogP contribution in [-0.2, 0) is 22.6 Å². The highest BCUT2D eigenvalue weighted by atomic mass is 35.5. The van der Waals surface area contributed by atoms with Crippen molar-refractivity contribution < 1.29 is 23.7 Å². The SMILES string of the molecule is COC(=O)[C@@H](N)Cc1ccc2c(c1)OC[C@@H](c1ccc(OCc3ccc(Cl)c(Cl)c3)cc1)O2. The standard InChI is InChI=1S/C25H23Cl2NO5/c1-30-25(29)21(28)11-15-3-9-22-23(12-15)32-14-24(33-22)17-4-6-18(7-5-17)31-13-16-2-8-19(26)20(27)10-16/h2-10,12,21,24H,11,13-14,28H2,1H3/t21-,24-/m0/s1. The van der Waals surface area contributed by atoms with Gasteiger partial charge in [0.15, 0.2) is 17.6 Å². The van der Waals surface area contributed by atoms with Gasteiger partial charge in [0.2, 0.25) is 0 Å². The number of benzene rings is 3. The molecule has 0 spiro atoms. The number of hydrogen-bond acceptors (Lipinski definition) is 6. The van der Waals surface area contributed by atoms with E-state index in [4.69, 9.17) is 43.1 Å². The average molecular weight is 488 g/mol. The Bertz CT molecular complexity index is 1140. The molecular formula is C25H23Cl2NO5. The summed E-state index contributed by atoms with van der Waals surface area (Å²) in [6.45, 7) is 0.748. The van der Waals surface area contributed by atoms with Crippen LogP contribution in [0.3, 0.4) is 0 Å². The molecule has 33 heavy (non-hydrogen) atoms. The molecule has 2 atom stereocenters. The van der Waals surface area contributed by atoms with Crippen LogP contribution in [0, 0.1) is 0 Å². The van der Waals surface area contributed by atoms with Gasteiger partial charge in [-0.05, 0) is 59.5 Å². The summed E-state index contributed by atoms with van der Waals surface area (Å²) in [5.41, 5.74) is 8.62. The number of fused-ring (bicyclic) bond motifs is 1. The van der Waals surface area contributed by atoms with Gasteiger partial charge in [-0.3, -0.25) is 4.79 Å². The zero-order valence-corrected chi connectivity index (χ0v) is 19.4. The first-order chi connectivity index (χ1) is 15.9. The van der Waals surface area contributed by atoms with E-state index in [1.165, 1.54) is 7.11 Å². The monoisotopic (exact) mass is 487 g/mol. The fourth-order valence-electron chi connectivity index (χ4n) is 3.47. The largest absolute Gasteiger partial charge is 0.489 e. The lowest BCUT2D eigenvalue weighted by molar-refractivity contribution is -0.142. The molecule has 0 fully saturated rings. The zero-order valence-electron chi connectivity index (χ0n) is 17.9. The summed E-state index contributed by atoms with van der Waals surface area (Å²) in [6.07, 6.45) is 0.112. The third-order valence-corrected chi connectivity index (χ3v) is 6.01. The number of hydrogen-bond donors (Lipinski definition) is 1. The molecule has 1 heterocycles. The molecule has 8 heteroatoms. The smallest absolute Gasteiger partial charge is 0.322 e. The van der Waals surface area contributed by atoms with E-state index in [2.05, 4.69) is 4.74 Å². The third kappa shape index (κ3) is 5.71. The first-order valence-corrected chi connectivity index (χ1v) is 11.1. The van der Waals surface area contributed by atoms with Crippen molar-refractivity contribution in [3.63, 3.8) is 0 Å². The van der Waals surface area contributed by atoms with Crippen molar-refractivity contribution in [1.82, 2.24) is 0 Å². The van der Waals surface area contributed by atoms with Gasteiger partial charge in [-0.2, -0.15) is 0 Å². The Morgan fingerprint density at radius 3 is 2.52 bits per heavy atom. The van der Waals surface area contributed by atoms with Crippen molar-refractivity contribution in [3.8, 4) is 17.2 Å². The van der Waals surface area contributed by atoms with Crippen LogP contribution in [-0.4, -0.2) is 25.7 Å². The molecular weight excluding hydrogens is 465 g/mol. The van der Waals surface area contributed by atoms with Crippen LogP contribution >= 0.6 is 23.2 Å². The van der Waals surface area contributed by atoms with E-state index in [-0.39, 0.29) is 6.10 Å². The predicted molar refractivity (Wildman–Crippen MR) is 126 cm³/mol. The zero-order chi connectivity index (χ0) is 23.4. The number of halogens is 2. The normalized spacial score (nSPS) is 15.6. The lowest BCUT2D eigenvalue weighted by Crippen LogP contribution is -2.33. The highest BCUT2D eigenvalue weighted by Crippen LogP contribution is 2.37. The summed E-state index contributed by atoms with van der Waals surface area (Å²) in [5.74, 6) is 1.55. The number of rotatable bonds is 7. The van der Waals surface area contributed by atoms with Gasteiger partial charge in [-0.25, -0.2) is 0 Å². The highest BCUT2D eigenvalue weighted by molar-refractivity contribution is 6.42. The maximum atomic E-state index is 11.5. The van der Waals surface area contributed by atoms with E-state index in [0.717, 1.165) is 22.4 Å². The quantitative estimate of drug-likeness (QED) is 0.465. The second-order valence-electron chi connectivity index (χ2n) is 7.64. The number of nitrogens with two attached hydrogens (primary N) is 1. The van der Waals surface area contributed by atoms with E-state index >= 15 is 0 Å². The van der Waals surface area contributed by atoms with E-state index in [1.807, 2.05) is 48.5 Å². The molecule has 0 aliphatic carbocycles. The van der Waals surface area contributed by atoms with Crippen LogP contribution in [0.5, 0.6) is 17.2 Å². The Morgan fingerprint density at radius 2 is 1.79 bits per heavy atom. The molecule has 0 amide bonds. The summed E-state index contributed by atoms with van der Waals surface area (Å²) in [7, 11) is 1.32. The van der Waals surface area contributed by atoms with E-state index in [9.17, 15) is 4.79 Å². The fourth-order valence-corrected chi connectivity index (χ4v) is 3.79. The minimum atomic E-state index is -0.720. The molecule has 0 bridgehead atoms. The predicted octanol–water partition coefficient (Wildman–Crippen LogP) is 5.13. The average Bonchev–Trinajstić information content (AvgIpc) is 2.84. The van der Waals surface area contributed by atoms with Gasteiger partial charge < -0.3 is 24.7 Å². The van der Waals surface area contributed by atoms with Gasteiger partial charge in [0.25, 0.3) is 0 Å². The highest BCUT2D eigenvalue weighted by Gasteiger charge is 2.24. The van der Waals surface area contributed by atoms with Crippen LogP contribution in [0.1, 0.15) is 22.8 Å². The lowest BCUT2D eigenvalue weighted by atomic mass is 10.0. The van der Waals surface area contributed by atoms with Crippen LogP contribution in [0.25, 0.3) is 0 Å². The molecule has 2 N–H and O–H groups in total. The van der Waals surface area contributed by atoms with Gasteiger partial charge in [0.1, 0.15) is 25.0 Å². The van der Waals surface area contributed by atoms with Gasteiger partial charge >= 0.3 is 5.97 Å². The first kappa shape index (κ1) is 23.2. The van der Waals surface area contributed by atoms with Gasteiger partial charge in [-0.1, -0.05) is 47.5 Å².